The van der Waals surface area contributed by atoms with Gasteiger partial charge in [0.15, 0.2) is 0 Å². The number of aromatic nitrogens is 1. The molecule has 0 saturated heterocycles. The Bertz CT molecular complexity index is 526. The van der Waals surface area contributed by atoms with Gasteiger partial charge in [-0.15, -0.1) is 11.8 Å². The Morgan fingerprint density at radius 2 is 1.95 bits per heavy atom. The van der Waals surface area contributed by atoms with E-state index in [1.54, 1.807) is 18.0 Å². The molecule has 0 aliphatic rings. The number of pyridine rings is 1. The first-order valence-electron chi connectivity index (χ1n) is 6.06. The van der Waals surface area contributed by atoms with Crippen LogP contribution in [0.1, 0.15) is 11.1 Å². The van der Waals surface area contributed by atoms with Gasteiger partial charge in [-0.3, -0.25) is 9.78 Å². The zero-order chi connectivity index (χ0) is 13.5. The van der Waals surface area contributed by atoms with Crippen LogP contribution in [-0.4, -0.2) is 21.8 Å². The Hall–Kier alpha value is -1.81. The number of hydrogen-bond donors (Lipinski definition) is 1. The van der Waals surface area contributed by atoms with Gasteiger partial charge in [-0.25, -0.2) is 0 Å². The zero-order valence-electron chi connectivity index (χ0n) is 10.5. The molecule has 19 heavy (non-hydrogen) atoms. The summed E-state index contributed by atoms with van der Waals surface area (Å²) in [6.07, 6.45) is 4.73. The number of carboxylic acid groups (broad SMARTS) is 1. The molecule has 0 unspecified atom stereocenters. The average Bonchev–Trinajstić information content (AvgIpc) is 2.41. The van der Waals surface area contributed by atoms with Gasteiger partial charge < -0.3 is 5.11 Å². The van der Waals surface area contributed by atoms with Gasteiger partial charge in [-0.2, -0.15) is 0 Å². The van der Waals surface area contributed by atoms with Gasteiger partial charge in [0.2, 0.25) is 0 Å². The van der Waals surface area contributed by atoms with Crippen LogP contribution in [0.3, 0.4) is 0 Å². The minimum atomic E-state index is -0.794. The predicted molar refractivity (Wildman–Crippen MR) is 76.4 cm³/mol. The Labute approximate surface area is 116 Å². The average molecular weight is 273 g/mol. The van der Waals surface area contributed by atoms with Gasteiger partial charge in [0.25, 0.3) is 0 Å². The maximum absolute atomic E-state index is 10.6. The fourth-order valence-corrected chi connectivity index (χ4v) is 2.61. The van der Waals surface area contributed by atoms with Crippen LogP contribution >= 0.6 is 11.8 Å². The molecule has 0 aliphatic heterocycles. The largest absolute Gasteiger partial charge is 0.481 e. The zero-order valence-corrected chi connectivity index (χ0v) is 11.3. The summed E-state index contributed by atoms with van der Waals surface area (Å²) >= 11 is 1.77. The van der Waals surface area contributed by atoms with Gasteiger partial charge >= 0.3 is 5.97 Å². The lowest BCUT2D eigenvalue weighted by Crippen LogP contribution is -1.99. The Morgan fingerprint density at radius 3 is 2.58 bits per heavy atom. The van der Waals surface area contributed by atoms with Crippen LogP contribution in [0.2, 0.25) is 0 Å². The van der Waals surface area contributed by atoms with Crippen molar-refractivity contribution < 1.29 is 9.90 Å². The highest BCUT2D eigenvalue weighted by molar-refractivity contribution is 7.99. The number of rotatable bonds is 6. The second-order valence-electron chi connectivity index (χ2n) is 4.17. The third-order valence-corrected chi connectivity index (χ3v) is 3.67. The molecule has 0 saturated carbocycles. The van der Waals surface area contributed by atoms with Crippen molar-refractivity contribution in [3.63, 3.8) is 0 Å². The van der Waals surface area contributed by atoms with Crippen molar-refractivity contribution in [1.82, 2.24) is 4.98 Å². The minimum absolute atomic E-state index is 0.0840. The molecule has 0 fully saturated rings. The lowest BCUT2D eigenvalue weighted by atomic mass is 10.2. The van der Waals surface area contributed by atoms with Crippen LogP contribution in [0, 0.1) is 0 Å². The first kappa shape index (κ1) is 13.6. The monoisotopic (exact) mass is 273 g/mol. The topological polar surface area (TPSA) is 50.2 Å². The van der Waals surface area contributed by atoms with Crippen molar-refractivity contribution in [1.29, 1.82) is 0 Å². The maximum atomic E-state index is 10.6. The van der Waals surface area contributed by atoms with Gasteiger partial charge in [0, 0.05) is 23.0 Å². The van der Waals surface area contributed by atoms with E-state index in [1.807, 2.05) is 36.5 Å². The standard InChI is InChI=1S/C15H15NO2S/c17-15(18)10-12-3-5-14(6-4-12)19-9-7-13-2-1-8-16-11-13/h1-6,8,11H,7,9-10H2,(H,17,18). The molecule has 0 aliphatic carbocycles. The van der Waals surface area contributed by atoms with Crippen LogP contribution in [0.5, 0.6) is 0 Å². The lowest BCUT2D eigenvalue weighted by molar-refractivity contribution is -0.136. The van der Waals surface area contributed by atoms with E-state index in [2.05, 4.69) is 11.1 Å². The normalized spacial score (nSPS) is 10.3. The first-order chi connectivity index (χ1) is 9.24. The van der Waals surface area contributed by atoms with Crippen LogP contribution in [-0.2, 0) is 17.6 Å². The van der Waals surface area contributed by atoms with Gasteiger partial charge in [-0.05, 0) is 35.7 Å². The number of carboxylic acids is 1. The Morgan fingerprint density at radius 1 is 1.16 bits per heavy atom. The van der Waals surface area contributed by atoms with Crippen molar-refractivity contribution in [3.8, 4) is 0 Å². The van der Waals surface area contributed by atoms with E-state index >= 15 is 0 Å². The molecule has 2 aromatic rings. The van der Waals surface area contributed by atoms with Crippen molar-refractivity contribution >= 4 is 17.7 Å². The summed E-state index contributed by atoms with van der Waals surface area (Å²) in [6, 6.07) is 11.7. The second-order valence-corrected chi connectivity index (χ2v) is 5.34. The Kier molecular flexibility index (Phi) is 4.98. The van der Waals surface area contributed by atoms with Crippen LogP contribution in [0.15, 0.2) is 53.7 Å². The molecule has 98 valence electrons. The number of hydrogen-bond acceptors (Lipinski definition) is 3. The molecule has 1 aromatic carbocycles. The number of aliphatic carboxylic acids is 1. The molecule has 4 heteroatoms. The van der Waals surface area contributed by atoms with Crippen molar-refractivity contribution in [3.05, 3.63) is 59.9 Å². The molecule has 1 N–H and O–H groups in total. The highest BCUT2D eigenvalue weighted by Gasteiger charge is 2.01. The summed E-state index contributed by atoms with van der Waals surface area (Å²) in [6.45, 7) is 0. The van der Waals surface area contributed by atoms with Gasteiger partial charge in [0.05, 0.1) is 6.42 Å². The number of carbonyl (C=O) groups is 1. The first-order valence-corrected chi connectivity index (χ1v) is 7.05. The molecule has 2 rings (SSSR count). The van der Waals surface area contributed by atoms with Crippen LogP contribution < -0.4 is 0 Å². The molecule has 1 aromatic heterocycles. The molecular formula is C15H15NO2S. The summed E-state index contributed by atoms with van der Waals surface area (Å²) in [5.74, 6) is 0.196. The maximum Gasteiger partial charge on any atom is 0.307 e. The number of nitrogens with zero attached hydrogens (tertiary/aromatic N) is 1. The van der Waals surface area contributed by atoms with E-state index in [9.17, 15) is 4.79 Å². The van der Waals surface area contributed by atoms with Crippen molar-refractivity contribution in [2.24, 2.45) is 0 Å². The molecule has 0 spiro atoms. The molecule has 0 bridgehead atoms. The summed E-state index contributed by atoms with van der Waals surface area (Å²) in [5.41, 5.74) is 2.07. The molecule has 3 nitrogen and oxygen atoms in total. The summed E-state index contributed by atoms with van der Waals surface area (Å²) in [4.78, 5) is 15.8. The SMILES string of the molecule is O=C(O)Cc1ccc(SCCc2cccnc2)cc1. The fourth-order valence-electron chi connectivity index (χ4n) is 1.71. The molecule has 0 radical (unpaired) electrons. The van der Waals surface area contributed by atoms with E-state index in [0.29, 0.717) is 0 Å². The lowest BCUT2D eigenvalue weighted by Gasteiger charge is -2.03. The number of benzene rings is 1. The quantitative estimate of drug-likeness (QED) is 0.822. The van der Waals surface area contributed by atoms with E-state index < -0.39 is 5.97 Å². The van der Waals surface area contributed by atoms with Crippen LogP contribution in [0.25, 0.3) is 0 Å². The van der Waals surface area contributed by atoms with E-state index in [1.165, 1.54) is 5.56 Å². The van der Waals surface area contributed by atoms with Gasteiger partial charge in [0.1, 0.15) is 0 Å². The highest BCUT2D eigenvalue weighted by atomic mass is 32.2. The Balaban J connectivity index is 1.81. The number of aryl methyl sites for hydroxylation is 1. The molecule has 1 heterocycles. The van der Waals surface area contributed by atoms with E-state index in [0.717, 1.165) is 22.6 Å². The summed E-state index contributed by atoms with van der Waals surface area (Å²) in [5, 5.41) is 8.69. The van der Waals surface area contributed by atoms with Crippen molar-refractivity contribution in [2.75, 3.05) is 5.75 Å². The second kappa shape index (κ2) is 6.95. The molecule has 0 amide bonds. The smallest absolute Gasteiger partial charge is 0.307 e. The van der Waals surface area contributed by atoms with E-state index in [4.69, 9.17) is 5.11 Å². The van der Waals surface area contributed by atoms with Gasteiger partial charge in [-0.1, -0.05) is 18.2 Å². The van der Waals surface area contributed by atoms with Crippen LogP contribution in [0.4, 0.5) is 0 Å². The highest BCUT2D eigenvalue weighted by Crippen LogP contribution is 2.19. The third kappa shape index (κ3) is 4.75. The summed E-state index contributed by atoms with van der Waals surface area (Å²) < 4.78 is 0. The third-order valence-electron chi connectivity index (χ3n) is 2.66. The number of thioether (sulfide) groups is 1. The predicted octanol–water partition coefficient (Wildman–Crippen LogP) is 3.04. The summed E-state index contributed by atoms with van der Waals surface area (Å²) in [7, 11) is 0. The molecular weight excluding hydrogens is 258 g/mol. The fraction of sp³-hybridized carbons (Fsp3) is 0.200. The van der Waals surface area contributed by atoms with Crippen molar-refractivity contribution in [2.45, 2.75) is 17.7 Å². The van der Waals surface area contributed by atoms with E-state index in [-0.39, 0.29) is 6.42 Å². The molecule has 0 atom stereocenters. The minimum Gasteiger partial charge on any atom is -0.481 e.